The molecule has 9 heteroatoms. The molecule has 1 aliphatic carbocycles. The highest BCUT2D eigenvalue weighted by atomic mass is 16.5. The number of aromatic hydroxyl groups is 3. The van der Waals surface area contributed by atoms with E-state index in [9.17, 15) is 25.2 Å². The van der Waals surface area contributed by atoms with Crippen molar-refractivity contribution in [2.75, 3.05) is 14.2 Å². The number of carbonyl (C=O) groups excluding carboxylic acids is 1. The van der Waals surface area contributed by atoms with E-state index in [1.54, 1.807) is 42.7 Å². The van der Waals surface area contributed by atoms with Gasteiger partial charge >= 0.3 is 0 Å². The summed E-state index contributed by atoms with van der Waals surface area (Å²) in [5.41, 5.74) is 4.09. The van der Waals surface area contributed by atoms with Gasteiger partial charge in [-0.25, -0.2) is 0 Å². The molecule has 3 atom stereocenters. The summed E-state index contributed by atoms with van der Waals surface area (Å²) in [4.78, 5) is 18.4. The van der Waals surface area contributed by atoms with Crippen molar-refractivity contribution >= 4 is 5.78 Å². The van der Waals surface area contributed by atoms with Gasteiger partial charge in [-0.05, 0) is 117 Å². The van der Waals surface area contributed by atoms with Crippen LogP contribution in [0.25, 0.3) is 0 Å². The number of hydrogen-bond donors (Lipinski definition) is 5. The third kappa shape index (κ3) is 9.08. The summed E-state index contributed by atoms with van der Waals surface area (Å²) in [6.07, 6.45) is 7.86. The molecule has 0 spiro atoms. The zero-order chi connectivity index (χ0) is 33.3. The highest BCUT2D eigenvalue weighted by molar-refractivity contribution is 5.86. The monoisotopic (exact) mass is 641 g/mol. The number of ether oxygens (including phenoxy) is 2. The van der Waals surface area contributed by atoms with Crippen LogP contribution in [0, 0.1) is 5.92 Å². The fourth-order valence-electron chi connectivity index (χ4n) is 6.58. The molecule has 3 unspecified atom stereocenters. The first-order valence-electron chi connectivity index (χ1n) is 16.3. The van der Waals surface area contributed by atoms with Crippen molar-refractivity contribution in [1.82, 2.24) is 10.3 Å². The molecule has 1 saturated carbocycles. The van der Waals surface area contributed by atoms with Gasteiger partial charge in [0, 0.05) is 18.9 Å². The first kappa shape index (κ1) is 33.9. The van der Waals surface area contributed by atoms with Crippen molar-refractivity contribution in [2.45, 2.75) is 76.0 Å². The lowest BCUT2D eigenvalue weighted by Crippen LogP contribution is -2.30. The number of rotatable bonds is 16. The highest BCUT2D eigenvalue weighted by Gasteiger charge is 2.29. The number of aromatic nitrogens is 1. The molecule has 0 amide bonds. The molecule has 5 N–H and O–H groups in total. The summed E-state index contributed by atoms with van der Waals surface area (Å²) in [6.45, 7) is 0.507. The minimum atomic E-state index is -0.989. The van der Waals surface area contributed by atoms with Crippen molar-refractivity contribution < 1.29 is 34.7 Å². The second-order valence-electron chi connectivity index (χ2n) is 12.6. The molecule has 0 radical (unpaired) electrons. The van der Waals surface area contributed by atoms with E-state index in [0.29, 0.717) is 36.4 Å². The number of ketones is 1. The lowest BCUT2D eigenvalue weighted by atomic mass is 9.81. The van der Waals surface area contributed by atoms with E-state index >= 15 is 0 Å². The number of nitrogens with zero attached hydrogens (tertiary/aromatic N) is 1. The predicted molar refractivity (Wildman–Crippen MR) is 179 cm³/mol. The molecule has 3 aromatic carbocycles. The summed E-state index contributed by atoms with van der Waals surface area (Å²) in [6, 6.07) is 17.3. The predicted octanol–water partition coefficient (Wildman–Crippen LogP) is 5.56. The summed E-state index contributed by atoms with van der Waals surface area (Å²) in [5.74, 6) is -0.294. The maximum absolute atomic E-state index is 14.2. The molecule has 9 nitrogen and oxygen atoms in total. The average molecular weight is 642 g/mol. The Morgan fingerprint density at radius 1 is 0.872 bits per heavy atom. The third-order valence-electron chi connectivity index (χ3n) is 9.04. The van der Waals surface area contributed by atoms with Crippen molar-refractivity contribution in [3.8, 4) is 28.7 Å². The second kappa shape index (κ2) is 15.9. The van der Waals surface area contributed by atoms with Crippen LogP contribution in [0.5, 0.6) is 28.7 Å². The molecule has 1 aliphatic rings. The van der Waals surface area contributed by atoms with Crippen LogP contribution in [0.4, 0.5) is 0 Å². The molecule has 250 valence electrons. The van der Waals surface area contributed by atoms with Gasteiger partial charge in [-0.2, -0.15) is 12.4 Å². The van der Waals surface area contributed by atoms with E-state index < -0.39 is 12.0 Å². The van der Waals surface area contributed by atoms with E-state index in [1.165, 1.54) is 13.2 Å². The highest BCUT2D eigenvalue weighted by Crippen LogP contribution is 2.35. The Kier molecular flexibility index (Phi) is 11.5. The Hall–Kier alpha value is -4.47. The van der Waals surface area contributed by atoms with E-state index in [0.717, 1.165) is 47.9 Å². The molecule has 1 aromatic heterocycles. The van der Waals surface area contributed by atoms with E-state index in [1.807, 2.05) is 31.3 Å². The maximum Gasteiger partial charge on any atom is 0.161 e. The molecule has 1 fully saturated rings. The summed E-state index contributed by atoms with van der Waals surface area (Å²) >= 11 is 0. The van der Waals surface area contributed by atoms with Crippen LogP contribution in [0.3, 0.4) is 0 Å². The summed E-state index contributed by atoms with van der Waals surface area (Å²) in [7, 11) is 3.28. The van der Waals surface area contributed by atoms with Gasteiger partial charge in [0.2, 0.25) is 0 Å². The number of benzene rings is 3. The smallest absolute Gasteiger partial charge is 0.161 e. The zero-order valence-corrected chi connectivity index (χ0v) is 27.1. The SMILES string of the molecule is CNCc1cc(O)cc(C(Cc2ccc(O)c(OC)c2)C(=O)CC(O)C(Cc2cc[n-]c2)Cc2ccc(O)c(OC3CCCC3)c2)c1. The molecule has 1 heterocycles. The van der Waals surface area contributed by atoms with E-state index in [-0.39, 0.29) is 47.9 Å². The number of methoxy groups -OCH3 is 1. The maximum atomic E-state index is 14.2. The first-order valence-corrected chi connectivity index (χ1v) is 16.3. The fraction of sp³-hybridized carbons (Fsp3) is 0.395. The minimum Gasteiger partial charge on any atom is -0.670 e. The Bertz CT molecular complexity index is 1610. The zero-order valence-electron chi connectivity index (χ0n) is 27.1. The van der Waals surface area contributed by atoms with Crippen LogP contribution in [0.1, 0.15) is 65.8 Å². The van der Waals surface area contributed by atoms with Gasteiger partial charge < -0.3 is 40.2 Å². The van der Waals surface area contributed by atoms with E-state index in [2.05, 4.69) is 10.3 Å². The molecule has 5 rings (SSSR count). The number of aliphatic hydroxyl groups is 1. The van der Waals surface area contributed by atoms with Gasteiger partial charge in [0.25, 0.3) is 0 Å². The third-order valence-corrected chi connectivity index (χ3v) is 9.04. The van der Waals surface area contributed by atoms with Crippen LogP contribution in [0.15, 0.2) is 73.1 Å². The number of carbonyl (C=O) groups is 1. The largest absolute Gasteiger partial charge is 0.670 e. The van der Waals surface area contributed by atoms with Crippen LogP contribution in [-0.4, -0.2) is 52.6 Å². The summed E-state index contributed by atoms with van der Waals surface area (Å²) in [5, 5.41) is 46.0. The standard InChI is InChI=1S/C38H45N2O7/c1-39-22-27-15-28(20-30(41)16-27)32(17-25-8-9-33(42)37(18-25)46-2)36(45)21-35(44)29(14-26-11-12-40-23-26)13-24-7-10-34(43)38(19-24)47-31-5-3-4-6-31/h7-12,15-16,18-20,23,29,31-32,35,39,41-44H,3-6,13-14,17,21-22H2,1-2H3/q-1. The fourth-order valence-corrected chi connectivity index (χ4v) is 6.58. The van der Waals surface area contributed by atoms with Gasteiger partial charge in [0.05, 0.1) is 19.3 Å². The topological polar surface area (TPSA) is 143 Å². The number of Topliss-reactive ketones (excluding diaryl/α,β-unsaturated/α-hetero) is 1. The quantitative estimate of drug-likeness (QED) is 0.106. The van der Waals surface area contributed by atoms with Crippen molar-refractivity contribution in [3.63, 3.8) is 0 Å². The average Bonchev–Trinajstić information content (AvgIpc) is 3.76. The van der Waals surface area contributed by atoms with Crippen molar-refractivity contribution in [3.05, 3.63) is 101 Å². The Labute approximate surface area is 276 Å². The molecule has 0 bridgehead atoms. The lowest BCUT2D eigenvalue weighted by molar-refractivity contribution is -0.123. The lowest BCUT2D eigenvalue weighted by Gasteiger charge is -2.26. The Balaban J connectivity index is 1.41. The van der Waals surface area contributed by atoms with Gasteiger partial charge in [-0.15, -0.1) is 0 Å². The molecular weight excluding hydrogens is 596 g/mol. The first-order chi connectivity index (χ1) is 22.7. The molecule has 0 aliphatic heterocycles. The normalized spacial score (nSPS) is 15.3. The van der Waals surface area contributed by atoms with Crippen molar-refractivity contribution in [2.24, 2.45) is 5.92 Å². The molecule has 47 heavy (non-hydrogen) atoms. The van der Waals surface area contributed by atoms with Gasteiger partial charge in [-0.1, -0.05) is 29.8 Å². The van der Waals surface area contributed by atoms with Gasteiger partial charge in [-0.3, -0.25) is 4.79 Å². The van der Waals surface area contributed by atoms with Crippen LogP contribution >= 0.6 is 0 Å². The van der Waals surface area contributed by atoms with Gasteiger partial charge in [0.15, 0.2) is 23.0 Å². The Morgan fingerprint density at radius 2 is 1.55 bits per heavy atom. The minimum absolute atomic E-state index is 0.000847. The van der Waals surface area contributed by atoms with Crippen LogP contribution in [-0.2, 0) is 30.6 Å². The number of nitrogens with one attached hydrogen (secondary N) is 1. The Morgan fingerprint density at radius 3 is 2.23 bits per heavy atom. The molecule has 4 aromatic rings. The number of phenolic OH excluding ortho intramolecular Hbond substituents is 3. The van der Waals surface area contributed by atoms with Crippen molar-refractivity contribution in [1.29, 1.82) is 0 Å². The molecular formula is C38H45N2O7-. The number of phenols is 3. The van der Waals surface area contributed by atoms with Crippen LogP contribution < -0.4 is 19.8 Å². The van der Waals surface area contributed by atoms with Crippen LogP contribution in [0.2, 0.25) is 0 Å². The second-order valence-corrected chi connectivity index (χ2v) is 12.6. The number of hydrogen-bond acceptors (Lipinski definition) is 8. The molecule has 0 saturated heterocycles. The van der Waals surface area contributed by atoms with Gasteiger partial charge in [0.1, 0.15) is 11.5 Å². The number of aliphatic hydroxyl groups excluding tert-OH is 1. The van der Waals surface area contributed by atoms with E-state index in [4.69, 9.17) is 9.47 Å². The summed E-state index contributed by atoms with van der Waals surface area (Å²) < 4.78 is 11.4.